The van der Waals surface area contributed by atoms with Gasteiger partial charge in [-0.05, 0) is 54.6 Å². The molecule has 0 spiro atoms. The van der Waals surface area contributed by atoms with E-state index in [2.05, 4.69) is 5.32 Å². The van der Waals surface area contributed by atoms with E-state index in [0.29, 0.717) is 27.0 Å². The third-order valence-corrected chi connectivity index (χ3v) is 4.68. The molecule has 0 unspecified atom stereocenters. The van der Waals surface area contributed by atoms with Crippen LogP contribution in [0.2, 0.25) is 10.0 Å². The number of benzene rings is 3. The van der Waals surface area contributed by atoms with Gasteiger partial charge in [-0.3, -0.25) is 4.79 Å². The summed E-state index contributed by atoms with van der Waals surface area (Å²) in [5.74, 6) is -0.0735. The second kappa shape index (κ2) is 7.39. The number of ketones is 1. The summed E-state index contributed by atoms with van der Waals surface area (Å²) in [6, 6.07) is 21.9. The van der Waals surface area contributed by atoms with Crippen LogP contribution in [0, 0.1) is 0 Å². The predicted molar refractivity (Wildman–Crippen MR) is 112 cm³/mol. The maximum absolute atomic E-state index is 12.9. The average Bonchev–Trinajstić information content (AvgIpc) is 2.69. The van der Waals surface area contributed by atoms with Crippen molar-refractivity contribution in [2.24, 2.45) is 4.99 Å². The van der Waals surface area contributed by atoms with E-state index in [1.54, 1.807) is 30.3 Å². The standard InChI is InChI=1S/C22H14Cl2N2O/c23-14-5-9-16(10-6-14)25-20-13-21(26-17-11-7-15(24)8-12-17)22(27)19-4-2-1-3-18(19)20/h1-13,26H. The molecule has 3 nitrogen and oxygen atoms in total. The molecule has 27 heavy (non-hydrogen) atoms. The number of allylic oxidation sites excluding steroid dienone is 2. The van der Waals surface area contributed by atoms with Crippen molar-refractivity contribution in [2.75, 3.05) is 5.32 Å². The quantitative estimate of drug-likeness (QED) is 0.567. The van der Waals surface area contributed by atoms with E-state index in [-0.39, 0.29) is 5.78 Å². The van der Waals surface area contributed by atoms with Gasteiger partial charge in [0.15, 0.2) is 0 Å². The number of rotatable bonds is 3. The maximum atomic E-state index is 12.9. The van der Waals surface area contributed by atoms with Crippen LogP contribution in [0.15, 0.2) is 89.6 Å². The molecule has 0 saturated heterocycles. The van der Waals surface area contributed by atoms with Crippen molar-refractivity contribution in [1.29, 1.82) is 0 Å². The van der Waals surface area contributed by atoms with E-state index in [0.717, 1.165) is 16.9 Å². The number of nitrogens with zero attached hydrogens (tertiary/aromatic N) is 1. The van der Waals surface area contributed by atoms with E-state index in [1.165, 1.54) is 0 Å². The van der Waals surface area contributed by atoms with Gasteiger partial charge in [-0.2, -0.15) is 0 Å². The van der Waals surface area contributed by atoms with Crippen molar-refractivity contribution in [3.8, 4) is 0 Å². The van der Waals surface area contributed by atoms with Crippen LogP contribution in [0.25, 0.3) is 0 Å². The molecule has 1 N–H and O–H groups in total. The van der Waals surface area contributed by atoms with E-state index < -0.39 is 0 Å². The van der Waals surface area contributed by atoms with Gasteiger partial charge in [-0.1, -0.05) is 47.5 Å². The molecule has 0 fully saturated rings. The van der Waals surface area contributed by atoms with Crippen molar-refractivity contribution >= 4 is 46.1 Å². The Hall–Kier alpha value is -2.88. The minimum atomic E-state index is -0.0735. The Morgan fingerprint density at radius 3 is 2.00 bits per heavy atom. The number of fused-ring (bicyclic) bond motifs is 1. The summed E-state index contributed by atoms with van der Waals surface area (Å²) in [5.41, 5.74) is 4.14. The molecule has 0 aromatic heterocycles. The molecule has 1 aliphatic rings. The normalized spacial score (nSPS) is 14.7. The van der Waals surface area contributed by atoms with Crippen LogP contribution in [0.4, 0.5) is 11.4 Å². The van der Waals surface area contributed by atoms with E-state index in [4.69, 9.17) is 28.2 Å². The Balaban J connectivity index is 1.77. The Morgan fingerprint density at radius 2 is 1.33 bits per heavy atom. The molecule has 0 bridgehead atoms. The summed E-state index contributed by atoms with van der Waals surface area (Å²) >= 11 is 11.9. The van der Waals surface area contributed by atoms with Crippen LogP contribution in [-0.2, 0) is 0 Å². The molecule has 0 atom stereocenters. The minimum absolute atomic E-state index is 0.0735. The van der Waals surface area contributed by atoms with Crippen LogP contribution in [-0.4, -0.2) is 11.5 Å². The zero-order chi connectivity index (χ0) is 18.8. The van der Waals surface area contributed by atoms with Crippen LogP contribution in [0.5, 0.6) is 0 Å². The summed E-state index contributed by atoms with van der Waals surface area (Å²) in [6.07, 6.45) is 1.77. The molecule has 0 saturated carbocycles. The average molecular weight is 393 g/mol. The number of hydrogen-bond acceptors (Lipinski definition) is 3. The summed E-state index contributed by atoms with van der Waals surface area (Å²) in [4.78, 5) is 17.6. The monoisotopic (exact) mass is 392 g/mol. The van der Waals surface area contributed by atoms with E-state index in [1.807, 2.05) is 48.5 Å². The Labute approximate surface area is 167 Å². The SMILES string of the molecule is O=C1C(Nc2ccc(Cl)cc2)=CC(=Nc2ccc(Cl)cc2)c2ccccc21. The molecule has 0 aliphatic heterocycles. The molecule has 3 aromatic carbocycles. The molecule has 0 heterocycles. The van der Waals surface area contributed by atoms with Gasteiger partial charge in [0.25, 0.3) is 0 Å². The van der Waals surface area contributed by atoms with Crippen molar-refractivity contribution < 1.29 is 4.79 Å². The van der Waals surface area contributed by atoms with Crippen LogP contribution < -0.4 is 5.32 Å². The number of aliphatic imine (C=N–C) groups is 1. The molecule has 132 valence electrons. The largest absolute Gasteiger partial charge is 0.352 e. The first kappa shape index (κ1) is 17.5. The number of hydrogen-bond donors (Lipinski definition) is 1. The Kier molecular flexibility index (Phi) is 4.80. The van der Waals surface area contributed by atoms with Gasteiger partial charge in [0, 0.05) is 26.9 Å². The van der Waals surface area contributed by atoms with Gasteiger partial charge < -0.3 is 5.32 Å². The van der Waals surface area contributed by atoms with Gasteiger partial charge in [0.05, 0.1) is 17.1 Å². The lowest BCUT2D eigenvalue weighted by molar-refractivity contribution is 0.103. The summed E-state index contributed by atoms with van der Waals surface area (Å²) in [7, 11) is 0. The fourth-order valence-corrected chi connectivity index (χ4v) is 3.11. The highest BCUT2D eigenvalue weighted by Gasteiger charge is 2.24. The molecule has 4 rings (SSSR count). The molecular weight excluding hydrogens is 379 g/mol. The summed E-state index contributed by atoms with van der Waals surface area (Å²) in [5, 5.41) is 4.47. The minimum Gasteiger partial charge on any atom is -0.352 e. The van der Waals surface area contributed by atoms with Crippen molar-refractivity contribution in [3.63, 3.8) is 0 Å². The van der Waals surface area contributed by atoms with Gasteiger partial charge in [-0.25, -0.2) is 4.99 Å². The van der Waals surface area contributed by atoms with Gasteiger partial charge >= 0.3 is 0 Å². The number of Topliss-reactive ketones (excluding diaryl/α,β-unsaturated/α-hetero) is 1. The number of carbonyl (C=O) groups excluding carboxylic acids is 1. The number of nitrogens with one attached hydrogen (secondary N) is 1. The predicted octanol–water partition coefficient (Wildman–Crippen LogP) is 6.31. The maximum Gasteiger partial charge on any atom is 0.209 e. The second-order valence-electron chi connectivity index (χ2n) is 6.04. The van der Waals surface area contributed by atoms with Crippen LogP contribution in [0.3, 0.4) is 0 Å². The van der Waals surface area contributed by atoms with Crippen molar-refractivity contribution in [1.82, 2.24) is 0 Å². The molecule has 3 aromatic rings. The Morgan fingerprint density at radius 1 is 0.741 bits per heavy atom. The third-order valence-electron chi connectivity index (χ3n) is 4.17. The summed E-state index contributed by atoms with van der Waals surface area (Å²) < 4.78 is 0. The highest BCUT2D eigenvalue weighted by Crippen LogP contribution is 2.26. The lowest BCUT2D eigenvalue weighted by atomic mass is 9.92. The highest BCUT2D eigenvalue weighted by atomic mass is 35.5. The van der Waals surface area contributed by atoms with Gasteiger partial charge in [0.1, 0.15) is 0 Å². The molecule has 0 radical (unpaired) electrons. The zero-order valence-corrected chi connectivity index (χ0v) is 15.6. The molecular formula is C22H14Cl2N2O. The van der Waals surface area contributed by atoms with Gasteiger partial charge in [-0.15, -0.1) is 0 Å². The summed E-state index contributed by atoms with van der Waals surface area (Å²) in [6.45, 7) is 0. The third kappa shape index (κ3) is 3.80. The Bertz CT molecular complexity index is 1070. The topological polar surface area (TPSA) is 41.5 Å². The fourth-order valence-electron chi connectivity index (χ4n) is 2.86. The van der Waals surface area contributed by atoms with Crippen molar-refractivity contribution in [2.45, 2.75) is 0 Å². The van der Waals surface area contributed by atoms with Gasteiger partial charge in [0.2, 0.25) is 5.78 Å². The number of carbonyl (C=O) groups is 1. The molecule has 0 amide bonds. The molecule has 1 aliphatic carbocycles. The van der Waals surface area contributed by atoms with E-state index >= 15 is 0 Å². The van der Waals surface area contributed by atoms with Crippen LogP contribution >= 0.6 is 23.2 Å². The van der Waals surface area contributed by atoms with Crippen LogP contribution in [0.1, 0.15) is 15.9 Å². The first-order valence-corrected chi connectivity index (χ1v) is 9.08. The van der Waals surface area contributed by atoms with E-state index in [9.17, 15) is 4.79 Å². The number of halogens is 2. The first-order valence-electron chi connectivity index (χ1n) is 8.33. The number of anilines is 1. The fraction of sp³-hybridized carbons (Fsp3) is 0. The first-order chi connectivity index (χ1) is 13.1. The smallest absolute Gasteiger partial charge is 0.209 e. The lowest BCUT2D eigenvalue weighted by Crippen LogP contribution is -2.21. The second-order valence-corrected chi connectivity index (χ2v) is 6.91. The molecule has 5 heteroatoms. The van der Waals surface area contributed by atoms with Crippen molar-refractivity contribution in [3.05, 3.63) is 106 Å². The lowest BCUT2D eigenvalue weighted by Gasteiger charge is -2.19. The zero-order valence-electron chi connectivity index (χ0n) is 14.1. The highest BCUT2D eigenvalue weighted by molar-refractivity contribution is 6.31.